The number of hydrogen-bond acceptors (Lipinski definition) is 3. The fourth-order valence-corrected chi connectivity index (χ4v) is 0.735. The molecule has 0 saturated heterocycles. The third-order valence-corrected chi connectivity index (χ3v) is 1.29. The van der Waals surface area contributed by atoms with Gasteiger partial charge in [0, 0.05) is 6.20 Å². The van der Waals surface area contributed by atoms with Gasteiger partial charge in [0.2, 0.25) is 5.12 Å². The van der Waals surface area contributed by atoms with E-state index in [0.717, 1.165) is 6.20 Å². The normalized spacial score (nSPS) is 9.55. The van der Waals surface area contributed by atoms with E-state index in [2.05, 4.69) is 17.6 Å². The number of nitrogens with one attached hydrogen (secondary N) is 2. The van der Waals surface area contributed by atoms with E-state index in [-0.39, 0.29) is 5.56 Å². The molecule has 0 radical (unpaired) electrons. The highest BCUT2D eigenvalue weighted by Gasteiger charge is 2.04. The van der Waals surface area contributed by atoms with E-state index in [1.807, 2.05) is 4.98 Å². The van der Waals surface area contributed by atoms with E-state index in [0.29, 0.717) is 0 Å². The first-order chi connectivity index (χ1) is 5.11. The fraction of sp³-hybridized carbons (Fsp3) is 0. The van der Waals surface area contributed by atoms with E-state index in [9.17, 15) is 14.4 Å². The molecular formula is C5H4N2O3S. The zero-order valence-corrected chi connectivity index (χ0v) is 6.14. The highest BCUT2D eigenvalue weighted by molar-refractivity contribution is 7.97. The highest BCUT2D eigenvalue weighted by atomic mass is 32.1. The van der Waals surface area contributed by atoms with Crippen molar-refractivity contribution in [1.82, 2.24) is 9.97 Å². The van der Waals surface area contributed by atoms with E-state index >= 15 is 0 Å². The van der Waals surface area contributed by atoms with Crippen molar-refractivity contribution in [1.29, 1.82) is 0 Å². The largest absolute Gasteiger partial charge is 0.325 e. The average Bonchev–Trinajstić information content (AvgIpc) is 1.85. The maximum Gasteiger partial charge on any atom is 0.325 e. The molecule has 1 aromatic rings. The van der Waals surface area contributed by atoms with Crippen molar-refractivity contribution in [3.8, 4) is 0 Å². The van der Waals surface area contributed by atoms with Gasteiger partial charge in [0.05, 0.1) is 0 Å². The van der Waals surface area contributed by atoms with Crippen LogP contribution < -0.4 is 11.2 Å². The Kier molecular flexibility index (Phi) is 1.95. The first-order valence-corrected chi connectivity index (χ1v) is 3.11. The number of aromatic nitrogens is 2. The van der Waals surface area contributed by atoms with Crippen LogP contribution in [0.3, 0.4) is 0 Å². The maximum atomic E-state index is 10.7. The predicted molar refractivity (Wildman–Crippen MR) is 41.0 cm³/mol. The summed E-state index contributed by atoms with van der Waals surface area (Å²) >= 11 is 3.41. The van der Waals surface area contributed by atoms with Crippen LogP contribution in [0.4, 0.5) is 0 Å². The van der Waals surface area contributed by atoms with Gasteiger partial charge in [-0.25, -0.2) is 4.79 Å². The number of carbonyl (C=O) groups excluding carboxylic acids is 1. The van der Waals surface area contributed by atoms with Crippen molar-refractivity contribution in [3.05, 3.63) is 32.6 Å². The van der Waals surface area contributed by atoms with Gasteiger partial charge in [0.1, 0.15) is 5.56 Å². The van der Waals surface area contributed by atoms with Crippen molar-refractivity contribution in [2.75, 3.05) is 0 Å². The lowest BCUT2D eigenvalue weighted by atomic mass is 10.4. The summed E-state index contributed by atoms with van der Waals surface area (Å²) in [7, 11) is 0. The van der Waals surface area contributed by atoms with Gasteiger partial charge < -0.3 is 4.98 Å². The Bertz CT molecular complexity index is 391. The molecule has 2 N–H and O–H groups in total. The molecule has 1 heterocycles. The number of hydrogen-bond donors (Lipinski definition) is 3. The molecule has 0 bridgehead atoms. The van der Waals surface area contributed by atoms with Crippen LogP contribution in [0.15, 0.2) is 15.8 Å². The minimum absolute atomic E-state index is 0.173. The van der Waals surface area contributed by atoms with Gasteiger partial charge in [-0.05, 0) is 0 Å². The molecular weight excluding hydrogens is 168 g/mol. The van der Waals surface area contributed by atoms with Crippen LogP contribution in [0, 0.1) is 0 Å². The Morgan fingerprint density at radius 1 is 1.45 bits per heavy atom. The summed E-state index contributed by atoms with van der Waals surface area (Å²) in [5, 5.41) is -0.678. The molecule has 0 aliphatic rings. The molecule has 6 heteroatoms. The lowest BCUT2D eigenvalue weighted by molar-refractivity contribution is 0.108. The third-order valence-electron chi connectivity index (χ3n) is 1.05. The molecule has 0 fully saturated rings. The molecule has 5 nitrogen and oxygen atoms in total. The molecule has 0 aliphatic heterocycles. The second kappa shape index (κ2) is 2.75. The minimum atomic E-state index is -0.728. The quantitative estimate of drug-likeness (QED) is 0.482. The van der Waals surface area contributed by atoms with Crippen molar-refractivity contribution in [2.24, 2.45) is 0 Å². The van der Waals surface area contributed by atoms with Gasteiger partial charge in [-0.1, -0.05) is 0 Å². The Morgan fingerprint density at radius 2 is 2.09 bits per heavy atom. The molecule has 0 atom stereocenters. The summed E-state index contributed by atoms with van der Waals surface area (Å²) < 4.78 is 0. The van der Waals surface area contributed by atoms with Crippen molar-refractivity contribution in [2.45, 2.75) is 0 Å². The highest BCUT2D eigenvalue weighted by Crippen LogP contribution is 1.89. The van der Waals surface area contributed by atoms with Crippen LogP contribution in [0.1, 0.15) is 10.4 Å². The summed E-state index contributed by atoms with van der Waals surface area (Å²) in [4.78, 5) is 35.7. The summed E-state index contributed by atoms with van der Waals surface area (Å²) in [6.45, 7) is 0. The SMILES string of the molecule is O=C(S)c1c[nH]c(=O)[nH]c1=O. The number of aromatic amines is 2. The van der Waals surface area contributed by atoms with Gasteiger partial charge >= 0.3 is 5.69 Å². The van der Waals surface area contributed by atoms with Crippen LogP contribution in [0.5, 0.6) is 0 Å². The molecule has 0 aromatic carbocycles. The molecule has 11 heavy (non-hydrogen) atoms. The first kappa shape index (κ1) is 7.80. The van der Waals surface area contributed by atoms with Crippen LogP contribution in [-0.4, -0.2) is 15.1 Å². The van der Waals surface area contributed by atoms with Crippen LogP contribution >= 0.6 is 12.6 Å². The lowest BCUT2D eigenvalue weighted by Crippen LogP contribution is -2.25. The number of rotatable bonds is 1. The second-order valence-electron chi connectivity index (χ2n) is 1.79. The second-order valence-corrected chi connectivity index (χ2v) is 2.20. The molecule has 0 unspecified atom stereocenters. The smallest absolute Gasteiger partial charge is 0.313 e. The third kappa shape index (κ3) is 1.58. The molecule has 0 aliphatic carbocycles. The molecule has 0 amide bonds. The Morgan fingerprint density at radius 3 is 2.55 bits per heavy atom. The predicted octanol–water partition coefficient (Wildman–Crippen LogP) is -0.867. The van der Waals surface area contributed by atoms with E-state index < -0.39 is 16.4 Å². The lowest BCUT2D eigenvalue weighted by Gasteiger charge is -1.88. The van der Waals surface area contributed by atoms with Gasteiger partial charge in [0.15, 0.2) is 0 Å². The molecule has 58 valence electrons. The topological polar surface area (TPSA) is 82.8 Å². The maximum absolute atomic E-state index is 10.7. The van der Waals surface area contributed by atoms with Crippen LogP contribution in [0.25, 0.3) is 0 Å². The molecule has 0 spiro atoms. The first-order valence-electron chi connectivity index (χ1n) is 2.66. The van der Waals surface area contributed by atoms with Crippen molar-refractivity contribution in [3.63, 3.8) is 0 Å². The van der Waals surface area contributed by atoms with Gasteiger partial charge in [-0.2, -0.15) is 0 Å². The van der Waals surface area contributed by atoms with E-state index in [1.54, 1.807) is 0 Å². The van der Waals surface area contributed by atoms with E-state index in [1.165, 1.54) is 0 Å². The van der Waals surface area contributed by atoms with Crippen molar-refractivity contribution < 1.29 is 4.79 Å². The number of thiol groups is 1. The summed E-state index contributed by atoms with van der Waals surface area (Å²) in [5.41, 5.74) is -1.55. The van der Waals surface area contributed by atoms with Gasteiger partial charge in [-0.3, -0.25) is 14.6 Å². The van der Waals surface area contributed by atoms with Crippen molar-refractivity contribution >= 4 is 17.7 Å². The summed E-state index contributed by atoms with van der Waals surface area (Å²) in [6, 6.07) is 0. The van der Waals surface area contributed by atoms with Gasteiger partial charge in [-0.15, -0.1) is 12.6 Å². The molecule has 1 rings (SSSR count). The zero-order chi connectivity index (χ0) is 8.43. The fourth-order valence-electron chi connectivity index (χ4n) is 0.569. The number of carbonyl (C=O) groups is 1. The van der Waals surface area contributed by atoms with Crippen LogP contribution in [-0.2, 0) is 0 Å². The number of H-pyrrole nitrogens is 2. The average molecular weight is 172 g/mol. The molecule has 0 saturated carbocycles. The minimum Gasteiger partial charge on any atom is -0.313 e. The Labute approximate surface area is 65.9 Å². The monoisotopic (exact) mass is 172 g/mol. The standard InChI is InChI=1S/C5H4N2O3S/c8-3-2(4(9)11)1-6-5(10)7-3/h1H,(H,9,11)(H2,6,7,8,10). The summed E-state index contributed by atoms with van der Waals surface area (Å²) in [5.74, 6) is 0. The summed E-state index contributed by atoms with van der Waals surface area (Å²) in [6.07, 6.45) is 1.02. The Balaban J connectivity index is 3.43. The van der Waals surface area contributed by atoms with E-state index in [4.69, 9.17) is 0 Å². The molecule has 1 aromatic heterocycles. The van der Waals surface area contributed by atoms with Gasteiger partial charge in [0.25, 0.3) is 5.56 Å². The Hall–Kier alpha value is -1.30. The van der Waals surface area contributed by atoms with Crippen LogP contribution in [0.2, 0.25) is 0 Å². The zero-order valence-electron chi connectivity index (χ0n) is 5.25.